The van der Waals surface area contributed by atoms with Gasteiger partial charge in [-0.25, -0.2) is 0 Å². The van der Waals surface area contributed by atoms with Crippen LogP contribution in [0.15, 0.2) is 12.1 Å². The molecule has 1 aromatic carbocycles. The molecule has 3 nitrogen and oxygen atoms in total. The van der Waals surface area contributed by atoms with Gasteiger partial charge in [-0.3, -0.25) is 10.1 Å². The summed E-state index contributed by atoms with van der Waals surface area (Å²) < 4.78 is 12.8. The van der Waals surface area contributed by atoms with E-state index in [1.54, 1.807) is 6.92 Å². The minimum atomic E-state index is -0.775. The molecule has 1 aromatic rings. The molecule has 0 N–H and O–H groups in total. The van der Waals surface area contributed by atoms with Crippen LogP contribution in [-0.2, 0) is 0 Å². The van der Waals surface area contributed by atoms with Crippen molar-refractivity contribution in [2.45, 2.75) is 27.7 Å². The summed E-state index contributed by atoms with van der Waals surface area (Å²) in [6.07, 6.45) is 0. The van der Waals surface area contributed by atoms with E-state index in [2.05, 4.69) is 0 Å². The van der Waals surface area contributed by atoms with Gasteiger partial charge in [0.15, 0.2) is 0 Å². The van der Waals surface area contributed by atoms with Gasteiger partial charge in [-0.15, -0.1) is 0 Å². The van der Waals surface area contributed by atoms with Crippen molar-refractivity contribution in [3.63, 3.8) is 0 Å². The van der Waals surface area contributed by atoms with Crippen LogP contribution in [0.4, 0.5) is 10.1 Å². The van der Waals surface area contributed by atoms with Crippen molar-refractivity contribution in [3.05, 3.63) is 39.2 Å². The summed E-state index contributed by atoms with van der Waals surface area (Å²) in [5.41, 5.74) is 0.693. The van der Waals surface area contributed by atoms with Crippen molar-refractivity contribution in [3.8, 4) is 0 Å². The molecule has 1 rings (SSSR count). The molecule has 0 saturated heterocycles. The lowest BCUT2D eigenvalue weighted by Crippen LogP contribution is -1.97. The number of nitrogens with zero attached hydrogens (tertiary/aromatic N) is 1. The average Bonchev–Trinajstić information content (AvgIpc) is 2.15. The van der Waals surface area contributed by atoms with Gasteiger partial charge in [-0.2, -0.15) is 4.39 Å². The largest absolute Gasteiger partial charge is 0.307 e. The molecule has 14 heavy (non-hydrogen) atoms. The Morgan fingerprint density at radius 1 is 1.29 bits per heavy atom. The lowest BCUT2D eigenvalue weighted by molar-refractivity contribution is -0.388. The third kappa shape index (κ3) is 2.52. The van der Waals surface area contributed by atoms with E-state index in [0.717, 1.165) is 11.6 Å². The maximum absolute atomic E-state index is 12.8. The normalized spacial score (nSPS) is 8.93. The number of aryl methyl sites for hydroxylation is 1. The van der Waals surface area contributed by atoms with E-state index in [1.165, 1.54) is 13.0 Å². The Hall–Kier alpha value is -1.45. The first-order valence-corrected chi connectivity index (χ1v) is 4.44. The van der Waals surface area contributed by atoms with Gasteiger partial charge in [0.1, 0.15) is 0 Å². The molecular weight excluding hydrogens is 185 g/mol. The summed E-state index contributed by atoms with van der Waals surface area (Å²) >= 11 is 0. The molecule has 0 amide bonds. The highest BCUT2D eigenvalue weighted by Gasteiger charge is 2.18. The van der Waals surface area contributed by atoms with Crippen LogP contribution >= 0.6 is 0 Å². The Morgan fingerprint density at radius 2 is 1.79 bits per heavy atom. The molecule has 0 radical (unpaired) electrons. The molecule has 4 heteroatoms. The molecule has 0 unspecified atom stereocenters. The maximum Gasteiger partial charge on any atom is 0.307 e. The van der Waals surface area contributed by atoms with Gasteiger partial charge in [0.05, 0.1) is 4.92 Å². The fraction of sp³-hybridized carbons (Fsp3) is 0.400. The quantitative estimate of drug-likeness (QED) is 0.514. The highest BCUT2D eigenvalue weighted by atomic mass is 19.1. The highest BCUT2D eigenvalue weighted by Crippen LogP contribution is 2.24. The molecule has 0 spiro atoms. The number of benzene rings is 1. The van der Waals surface area contributed by atoms with E-state index >= 15 is 0 Å². The summed E-state index contributed by atoms with van der Waals surface area (Å²) in [4.78, 5) is 9.66. The first-order valence-electron chi connectivity index (χ1n) is 4.44. The number of hydrogen-bond acceptors (Lipinski definition) is 2. The second kappa shape index (κ2) is 5.32. The van der Waals surface area contributed by atoms with Gasteiger partial charge in [-0.05, 0) is 25.5 Å². The van der Waals surface area contributed by atoms with Gasteiger partial charge in [0.2, 0.25) is 5.82 Å². The zero-order valence-corrected chi connectivity index (χ0v) is 8.80. The van der Waals surface area contributed by atoms with Crippen molar-refractivity contribution in [2.24, 2.45) is 0 Å². The summed E-state index contributed by atoms with van der Waals surface area (Å²) in [6.45, 7) is 7.25. The summed E-state index contributed by atoms with van der Waals surface area (Å²) in [7, 11) is 0. The maximum atomic E-state index is 12.8. The minimum absolute atomic E-state index is 0.389. The Morgan fingerprint density at radius 3 is 2.14 bits per heavy atom. The van der Waals surface area contributed by atoms with Gasteiger partial charge in [-0.1, -0.05) is 19.9 Å². The molecule has 0 atom stereocenters. The van der Waals surface area contributed by atoms with Gasteiger partial charge in [0.25, 0.3) is 0 Å². The molecule has 0 aromatic heterocycles. The Kier molecular flexibility index (Phi) is 4.77. The van der Waals surface area contributed by atoms with Crippen molar-refractivity contribution in [2.75, 3.05) is 0 Å². The number of hydrogen-bond donors (Lipinski definition) is 0. The molecule has 0 heterocycles. The first-order chi connectivity index (χ1) is 6.54. The van der Waals surface area contributed by atoms with Gasteiger partial charge >= 0.3 is 5.69 Å². The number of rotatable bonds is 1. The van der Waals surface area contributed by atoms with Crippen LogP contribution in [0.1, 0.15) is 25.0 Å². The lowest BCUT2D eigenvalue weighted by Gasteiger charge is -2.00. The molecule has 0 aliphatic heterocycles. The van der Waals surface area contributed by atoms with Crippen LogP contribution in [0.3, 0.4) is 0 Å². The predicted octanol–water partition coefficient (Wildman–Crippen LogP) is 3.38. The molecule has 0 aliphatic rings. The minimum Gasteiger partial charge on any atom is -0.258 e. The van der Waals surface area contributed by atoms with E-state index < -0.39 is 16.4 Å². The van der Waals surface area contributed by atoms with Gasteiger partial charge < -0.3 is 0 Å². The Bertz CT molecular complexity index is 337. The van der Waals surface area contributed by atoms with Gasteiger partial charge in [0, 0.05) is 5.56 Å². The SMILES string of the molecule is CC.Cc1ccc(F)c([N+](=O)[O-])c1C. The van der Waals surface area contributed by atoms with Crippen LogP contribution < -0.4 is 0 Å². The predicted molar refractivity (Wildman–Crippen MR) is 53.9 cm³/mol. The summed E-state index contributed by atoms with van der Waals surface area (Å²) in [5.74, 6) is -0.775. The molecule has 78 valence electrons. The van der Waals surface area contributed by atoms with Crippen LogP contribution in [0.25, 0.3) is 0 Å². The highest BCUT2D eigenvalue weighted by molar-refractivity contribution is 5.45. The van der Waals surface area contributed by atoms with E-state index in [0.29, 0.717) is 5.56 Å². The number of nitro groups is 1. The second-order valence-corrected chi connectivity index (χ2v) is 2.60. The second-order valence-electron chi connectivity index (χ2n) is 2.60. The third-order valence-electron chi connectivity index (χ3n) is 1.84. The monoisotopic (exact) mass is 199 g/mol. The molecular formula is C10H14FNO2. The molecule has 0 saturated carbocycles. The van der Waals surface area contributed by atoms with Crippen molar-refractivity contribution in [1.82, 2.24) is 0 Å². The number of halogens is 1. The molecule has 0 aliphatic carbocycles. The fourth-order valence-corrected chi connectivity index (χ4v) is 0.992. The zero-order chi connectivity index (χ0) is 11.3. The van der Waals surface area contributed by atoms with Crippen molar-refractivity contribution < 1.29 is 9.31 Å². The first kappa shape index (κ1) is 12.6. The average molecular weight is 199 g/mol. The van der Waals surface area contributed by atoms with E-state index in [9.17, 15) is 14.5 Å². The topological polar surface area (TPSA) is 43.1 Å². The molecule has 0 bridgehead atoms. The number of nitro benzene ring substituents is 1. The third-order valence-corrected chi connectivity index (χ3v) is 1.84. The zero-order valence-electron chi connectivity index (χ0n) is 8.80. The smallest absolute Gasteiger partial charge is 0.258 e. The Labute approximate surface area is 82.7 Å². The molecule has 0 fully saturated rings. The van der Waals surface area contributed by atoms with Crippen LogP contribution in [0.5, 0.6) is 0 Å². The van der Waals surface area contributed by atoms with E-state index in [4.69, 9.17) is 0 Å². The van der Waals surface area contributed by atoms with Crippen molar-refractivity contribution >= 4 is 5.69 Å². The fourth-order valence-electron chi connectivity index (χ4n) is 0.992. The standard InChI is InChI=1S/C8H8FNO2.C2H6/c1-5-3-4-7(9)8(6(5)2)10(11)12;1-2/h3-4H,1-2H3;1-2H3. The van der Waals surface area contributed by atoms with E-state index in [1.807, 2.05) is 13.8 Å². The summed E-state index contributed by atoms with van der Waals surface area (Å²) in [5, 5.41) is 10.4. The van der Waals surface area contributed by atoms with Crippen molar-refractivity contribution in [1.29, 1.82) is 0 Å². The van der Waals surface area contributed by atoms with Crippen LogP contribution in [-0.4, -0.2) is 4.92 Å². The summed E-state index contributed by atoms with van der Waals surface area (Å²) in [6, 6.07) is 2.64. The van der Waals surface area contributed by atoms with Crippen LogP contribution in [0, 0.1) is 29.8 Å². The lowest BCUT2D eigenvalue weighted by atomic mass is 10.1. The Balaban J connectivity index is 0.000000791. The van der Waals surface area contributed by atoms with E-state index in [-0.39, 0.29) is 0 Å². The van der Waals surface area contributed by atoms with Crippen LogP contribution in [0.2, 0.25) is 0 Å².